The maximum Gasteiger partial charge on any atom is 0.270 e. The minimum Gasteiger partial charge on any atom is -0.368 e. The largest absolute Gasteiger partial charge is 0.368 e. The first-order valence-corrected chi connectivity index (χ1v) is 11.8. The lowest BCUT2D eigenvalue weighted by atomic mass is 10.2. The molecule has 0 saturated carbocycles. The van der Waals surface area contributed by atoms with Crippen molar-refractivity contribution < 1.29 is 13.3 Å². The molecule has 9 nitrogen and oxygen atoms in total. The topological polar surface area (TPSA) is 123 Å². The molecule has 0 radical (unpaired) electrons. The number of nitro groups is 1. The highest BCUT2D eigenvalue weighted by molar-refractivity contribution is 7.89. The fraction of sp³-hybridized carbons (Fsp3) is 0.316. The zero-order valence-electron chi connectivity index (χ0n) is 16.3. The van der Waals surface area contributed by atoms with E-state index in [0.717, 1.165) is 21.3 Å². The predicted octanol–water partition coefficient (Wildman–Crippen LogP) is 2.74. The second kappa shape index (κ2) is 7.91. The van der Waals surface area contributed by atoms with Gasteiger partial charge in [-0.2, -0.15) is 0 Å². The summed E-state index contributed by atoms with van der Waals surface area (Å²) >= 11 is 1.68. The lowest BCUT2D eigenvalue weighted by Gasteiger charge is -2.39. The van der Waals surface area contributed by atoms with Crippen LogP contribution in [0.25, 0.3) is 10.2 Å². The quantitative estimate of drug-likeness (QED) is 0.471. The molecule has 0 aliphatic carbocycles. The average Bonchev–Trinajstić information content (AvgIpc) is 3.16. The summed E-state index contributed by atoms with van der Waals surface area (Å²) in [5.74, 6) is 0. The summed E-state index contributed by atoms with van der Waals surface area (Å²) in [6, 6.07) is 12.0. The van der Waals surface area contributed by atoms with E-state index in [1.165, 1.54) is 12.1 Å². The molecule has 30 heavy (non-hydrogen) atoms. The number of nitrogens with two attached hydrogens (primary N) is 1. The molecule has 1 aliphatic rings. The van der Waals surface area contributed by atoms with Gasteiger partial charge in [-0.1, -0.05) is 12.1 Å². The van der Waals surface area contributed by atoms with Crippen molar-refractivity contribution in [3.63, 3.8) is 0 Å². The highest BCUT2D eigenvalue weighted by Crippen LogP contribution is 2.32. The Labute approximate surface area is 177 Å². The lowest BCUT2D eigenvalue weighted by Crippen LogP contribution is -2.47. The zero-order valence-corrected chi connectivity index (χ0v) is 17.9. The van der Waals surface area contributed by atoms with Crippen LogP contribution < -0.4 is 10.0 Å². The van der Waals surface area contributed by atoms with Crippen LogP contribution in [0.1, 0.15) is 18.0 Å². The van der Waals surface area contributed by atoms with Crippen molar-refractivity contribution in [2.45, 2.75) is 17.9 Å². The molecular formula is C19H21N5O4S2. The third-order valence-corrected chi connectivity index (χ3v) is 7.48. The average molecular weight is 448 g/mol. The smallest absolute Gasteiger partial charge is 0.270 e. The van der Waals surface area contributed by atoms with E-state index in [9.17, 15) is 18.5 Å². The molecule has 1 unspecified atom stereocenters. The van der Waals surface area contributed by atoms with Crippen molar-refractivity contribution in [3.8, 4) is 0 Å². The fourth-order valence-electron chi connectivity index (χ4n) is 3.68. The summed E-state index contributed by atoms with van der Waals surface area (Å²) < 4.78 is 25.2. The first-order chi connectivity index (χ1) is 14.2. The van der Waals surface area contributed by atoms with E-state index in [1.54, 1.807) is 11.3 Å². The van der Waals surface area contributed by atoms with Gasteiger partial charge in [0.15, 0.2) is 0 Å². The summed E-state index contributed by atoms with van der Waals surface area (Å²) in [5, 5.41) is 17.4. The van der Waals surface area contributed by atoms with Crippen molar-refractivity contribution in [2.24, 2.45) is 5.14 Å². The highest BCUT2D eigenvalue weighted by Gasteiger charge is 2.28. The number of piperazine rings is 1. The normalized spacial score (nSPS) is 16.7. The van der Waals surface area contributed by atoms with Gasteiger partial charge in [0, 0.05) is 38.3 Å². The number of sulfonamides is 1. The number of nitrogens with zero attached hydrogens (tertiary/aromatic N) is 4. The highest BCUT2D eigenvalue weighted by atomic mass is 32.2. The number of para-hydroxylation sites is 1. The maximum atomic E-state index is 12.0. The third kappa shape index (κ3) is 4.01. The van der Waals surface area contributed by atoms with Crippen LogP contribution in [0.4, 0.5) is 11.4 Å². The molecule has 158 valence electrons. The molecule has 1 saturated heterocycles. The summed E-state index contributed by atoms with van der Waals surface area (Å²) in [6.45, 7) is 4.69. The SMILES string of the molecule is CC(c1nc2ccccc2s1)N1CCN(c2ccc([N+](=O)[O-])cc2S(N)(=O)=O)CC1. The number of aromatic nitrogens is 1. The van der Waals surface area contributed by atoms with Gasteiger partial charge in [0.25, 0.3) is 5.69 Å². The van der Waals surface area contributed by atoms with Crippen LogP contribution in [0.5, 0.6) is 0 Å². The van der Waals surface area contributed by atoms with E-state index in [0.29, 0.717) is 31.9 Å². The lowest BCUT2D eigenvalue weighted by molar-refractivity contribution is -0.385. The van der Waals surface area contributed by atoms with E-state index in [-0.39, 0.29) is 16.6 Å². The number of anilines is 1. The fourth-order valence-corrected chi connectivity index (χ4v) is 5.51. The summed E-state index contributed by atoms with van der Waals surface area (Å²) in [4.78, 5) is 19.1. The number of nitro benzene ring substituents is 1. The number of rotatable bonds is 5. The van der Waals surface area contributed by atoms with Crippen molar-refractivity contribution in [1.29, 1.82) is 0 Å². The molecule has 3 aromatic rings. The Balaban J connectivity index is 1.52. The Bertz CT molecular complexity index is 1170. The van der Waals surface area contributed by atoms with Gasteiger partial charge in [-0.05, 0) is 25.1 Å². The van der Waals surface area contributed by atoms with Crippen molar-refractivity contribution >= 4 is 43.0 Å². The van der Waals surface area contributed by atoms with Gasteiger partial charge in [-0.25, -0.2) is 18.5 Å². The number of hydrogen-bond acceptors (Lipinski definition) is 8. The van der Waals surface area contributed by atoms with Crippen LogP contribution in [-0.4, -0.2) is 49.4 Å². The molecule has 11 heteroatoms. The summed E-state index contributed by atoms with van der Waals surface area (Å²) in [6.07, 6.45) is 0. The molecule has 2 heterocycles. The predicted molar refractivity (Wildman–Crippen MR) is 116 cm³/mol. The van der Waals surface area contributed by atoms with Gasteiger partial charge in [0.1, 0.15) is 9.90 Å². The van der Waals surface area contributed by atoms with Crippen molar-refractivity contribution in [3.05, 3.63) is 57.6 Å². The van der Waals surface area contributed by atoms with Gasteiger partial charge < -0.3 is 4.90 Å². The Kier molecular flexibility index (Phi) is 5.45. The van der Waals surface area contributed by atoms with Crippen molar-refractivity contribution in [2.75, 3.05) is 31.1 Å². The zero-order chi connectivity index (χ0) is 21.5. The number of thiazole rings is 1. The summed E-state index contributed by atoms with van der Waals surface area (Å²) in [5.41, 5.74) is 1.09. The van der Waals surface area contributed by atoms with Crippen LogP contribution in [0.2, 0.25) is 0 Å². The Morgan fingerprint density at radius 1 is 1.17 bits per heavy atom. The van der Waals surface area contributed by atoms with Gasteiger partial charge in [-0.15, -0.1) is 11.3 Å². The number of hydrogen-bond donors (Lipinski definition) is 1. The third-order valence-electron chi connectivity index (χ3n) is 5.33. The van der Waals surface area contributed by atoms with Crippen molar-refractivity contribution in [1.82, 2.24) is 9.88 Å². The maximum absolute atomic E-state index is 12.0. The Hall–Kier alpha value is -2.60. The molecule has 0 amide bonds. The molecular weight excluding hydrogens is 426 g/mol. The number of primary sulfonamides is 1. The molecule has 1 aromatic heterocycles. The molecule has 2 N–H and O–H groups in total. The van der Waals surface area contributed by atoms with E-state index in [1.807, 2.05) is 23.1 Å². The minimum atomic E-state index is -4.09. The van der Waals surface area contributed by atoms with Crippen LogP contribution >= 0.6 is 11.3 Å². The molecule has 0 bridgehead atoms. The van der Waals surface area contributed by atoms with Gasteiger partial charge in [0.05, 0.1) is 26.9 Å². The Morgan fingerprint density at radius 2 is 1.87 bits per heavy atom. The van der Waals surface area contributed by atoms with E-state index < -0.39 is 14.9 Å². The Morgan fingerprint density at radius 3 is 2.50 bits per heavy atom. The van der Waals surface area contributed by atoms with Gasteiger partial charge >= 0.3 is 0 Å². The van der Waals surface area contributed by atoms with Crippen LogP contribution in [-0.2, 0) is 10.0 Å². The summed E-state index contributed by atoms with van der Waals surface area (Å²) in [7, 11) is -4.09. The molecule has 0 spiro atoms. The van der Waals surface area contributed by atoms with Gasteiger partial charge in [-0.3, -0.25) is 15.0 Å². The number of fused-ring (bicyclic) bond motifs is 1. The first kappa shape index (κ1) is 20.7. The minimum absolute atomic E-state index is 0.138. The molecule has 1 fully saturated rings. The standard InChI is InChI=1S/C19H21N5O4S2/c1-13(19-21-15-4-2-3-5-17(15)29-19)22-8-10-23(11-9-22)16-7-6-14(24(25)26)12-18(16)30(20,27)28/h2-7,12-13H,8-11H2,1H3,(H2,20,27,28). The van der Waals surface area contributed by atoms with E-state index in [2.05, 4.69) is 17.9 Å². The second-order valence-electron chi connectivity index (χ2n) is 7.17. The molecule has 1 aliphatic heterocycles. The van der Waals surface area contributed by atoms with E-state index >= 15 is 0 Å². The first-order valence-electron chi connectivity index (χ1n) is 9.40. The van der Waals surface area contributed by atoms with Crippen LogP contribution in [0.15, 0.2) is 47.4 Å². The van der Waals surface area contributed by atoms with Crippen LogP contribution in [0, 0.1) is 10.1 Å². The molecule has 2 aromatic carbocycles. The number of benzene rings is 2. The van der Waals surface area contributed by atoms with E-state index in [4.69, 9.17) is 10.1 Å². The van der Waals surface area contributed by atoms with Crippen LogP contribution in [0.3, 0.4) is 0 Å². The monoisotopic (exact) mass is 447 g/mol. The molecule has 4 rings (SSSR count). The number of non-ortho nitro benzene ring substituents is 1. The molecule has 1 atom stereocenters. The van der Waals surface area contributed by atoms with Gasteiger partial charge in [0.2, 0.25) is 10.0 Å². The second-order valence-corrected chi connectivity index (χ2v) is 9.77.